The number of carbonyl (C=O) groups excluding carboxylic acids is 2. The minimum Gasteiger partial charge on any atom is -0.465 e. The van der Waals surface area contributed by atoms with Crippen LogP contribution in [0.2, 0.25) is 5.02 Å². The second-order valence-corrected chi connectivity index (χ2v) is 5.04. The Bertz CT molecular complexity index is 774. The summed E-state index contributed by atoms with van der Waals surface area (Å²) in [6, 6.07) is 4.90. The average Bonchev–Trinajstić information content (AvgIpc) is 2.97. The average molecular weight is 362 g/mol. The number of rotatable bonds is 4. The Balaban J connectivity index is 2.07. The second kappa shape index (κ2) is 6.91. The summed E-state index contributed by atoms with van der Waals surface area (Å²) in [7, 11) is 1.18. The summed E-state index contributed by atoms with van der Waals surface area (Å²) in [5, 5.41) is 5.85. The zero-order valence-corrected chi connectivity index (χ0v) is 13.0. The highest BCUT2D eigenvalue weighted by Crippen LogP contribution is 2.27. The van der Waals surface area contributed by atoms with Crippen LogP contribution in [-0.2, 0) is 22.3 Å². The first-order valence-electron chi connectivity index (χ1n) is 6.49. The monoisotopic (exact) mass is 361 g/mol. The summed E-state index contributed by atoms with van der Waals surface area (Å²) in [6.07, 6.45) is -3.53. The van der Waals surface area contributed by atoms with Crippen molar-refractivity contribution < 1.29 is 27.5 Å². The van der Waals surface area contributed by atoms with Gasteiger partial charge >= 0.3 is 12.1 Å². The molecule has 0 saturated carbocycles. The lowest BCUT2D eigenvalue weighted by atomic mass is 10.2. The fourth-order valence-electron chi connectivity index (χ4n) is 1.82. The van der Waals surface area contributed by atoms with Crippen LogP contribution in [0.3, 0.4) is 0 Å². The summed E-state index contributed by atoms with van der Waals surface area (Å²) in [4.78, 5) is 23.4. The molecule has 0 bridgehead atoms. The van der Waals surface area contributed by atoms with E-state index in [1.54, 1.807) is 0 Å². The van der Waals surface area contributed by atoms with Gasteiger partial charge in [-0.15, -0.1) is 0 Å². The fourth-order valence-corrected chi connectivity index (χ4v) is 2.01. The van der Waals surface area contributed by atoms with Gasteiger partial charge in [0.2, 0.25) is 5.91 Å². The first-order valence-corrected chi connectivity index (χ1v) is 6.87. The van der Waals surface area contributed by atoms with E-state index in [0.717, 1.165) is 16.9 Å². The van der Waals surface area contributed by atoms with E-state index in [0.29, 0.717) is 0 Å². The van der Waals surface area contributed by atoms with Crippen LogP contribution in [0.5, 0.6) is 0 Å². The van der Waals surface area contributed by atoms with Gasteiger partial charge in [-0.05, 0) is 24.3 Å². The van der Waals surface area contributed by atoms with E-state index in [-0.39, 0.29) is 16.3 Å². The highest BCUT2D eigenvalue weighted by Gasteiger charge is 2.33. The van der Waals surface area contributed by atoms with Crippen LogP contribution in [0.1, 0.15) is 16.1 Å². The summed E-state index contributed by atoms with van der Waals surface area (Å²) < 4.78 is 42.7. The number of nitrogens with zero attached hydrogens (tertiary/aromatic N) is 2. The number of amides is 1. The Labute approximate surface area is 139 Å². The highest BCUT2D eigenvalue weighted by molar-refractivity contribution is 6.33. The number of esters is 1. The number of benzene rings is 1. The van der Waals surface area contributed by atoms with Crippen molar-refractivity contribution in [2.45, 2.75) is 12.7 Å². The molecule has 1 aromatic heterocycles. The van der Waals surface area contributed by atoms with E-state index in [1.165, 1.54) is 25.3 Å². The van der Waals surface area contributed by atoms with Gasteiger partial charge in [0.15, 0.2) is 5.69 Å². The van der Waals surface area contributed by atoms with Crippen LogP contribution >= 0.6 is 11.6 Å². The molecule has 2 aromatic rings. The van der Waals surface area contributed by atoms with Crippen molar-refractivity contribution in [2.24, 2.45) is 0 Å². The summed E-state index contributed by atoms with van der Waals surface area (Å²) >= 11 is 5.85. The molecule has 1 N–H and O–H groups in total. The predicted octanol–water partition coefficient (Wildman–Crippen LogP) is 2.98. The number of hydrogen-bond donors (Lipinski definition) is 1. The van der Waals surface area contributed by atoms with Crippen molar-refractivity contribution >= 4 is 29.2 Å². The van der Waals surface area contributed by atoms with Gasteiger partial charge in [0.25, 0.3) is 0 Å². The van der Waals surface area contributed by atoms with Crippen LogP contribution in [0.15, 0.2) is 30.5 Å². The van der Waals surface area contributed by atoms with Crippen LogP contribution < -0.4 is 5.32 Å². The first kappa shape index (κ1) is 17.8. The Morgan fingerprint density at radius 3 is 2.62 bits per heavy atom. The molecule has 0 fully saturated rings. The number of halogens is 4. The molecule has 24 heavy (non-hydrogen) atoms. The molecule has 0 saturated heterocycles. The summed E-state index contributed by atoms with van der Waals surface area (Å²) in [5.74, 6) is -1.30. The number of methoxy groups -OCH3 is 1. The Hall–Kier alpha value is -2.55. The summed E-state index contributed by atoms with van der Waals surface area (Å²) in [5.41, 5.74) is -0.793. The highest BCUT2D eigenvalue weighted by atomic mass is 35.5. The third-order valence-electron chi connectivity index (χ3n) is 2.89. The number of carbonyl (C=O) groups is 2. The number of nitrogens with one attached hydrogen (secondary N) is 1. The number of alkyl halides is 3. The molecule has 1 heterocycles. The molecule has 0 atom stereocenters. The van der Waals surface area contributed by atoms with Gasteiger partial charge in [-0.2, -0.15) is 18.3 Å². The van der Waals surface area contributed by atoms with E-state index >= 15 is 0 Å². The lowest BCUT2D eigenvalue weighted by Crippen LogP contribution is -2.20. The molecule has 0 radical (unpaired) electrons. The molecule has 1 amide bonds. The number of anilines is 1. The molecule has 6 nitrogen and oxygen atoms in total. The van der Waals surface area contributed by atoms with Gasteiger partial charge in [-0.25, -0.2) is 4.79 Å². The number of hydrogen-bond acceptors (Lipinski definition) is 4. The first-order chi connectivity index (χ1) is 11.2. The normalized spacial score (nSPS) is 11.2. The SMILES string of the molecule is COC(=O)c1cc(NC(=O)Cn2ccc(C(F)(F)F)n2)ccc1Cl. The van der Waals surface area contributed by atoms with Crippen molar-refractivity contribution in [3.8, 4) is 0 Å². The van der Waals surface area contributed by atoms with E-state index in [2.05, 4.69) is 15.2 Å². The maximum absolute atomic E-state index is 12.4. The molecule has 2 rings (SSSR count). The zero-order valence-electron chi connectivity index (χ0n) is 12.2. The van der Waals surface area contributed by atoms with Crippen LogP contribution in [0, 0.1) is 0 Å². The lowest BCUT2D eigenvalue weighted by Gasteiger charge is -2.08. The van der Waals surface area contributed by atoms with Gasteiger partial charge in [-0.1, -0.05) is 11.6 Å². The van der Waals surface area contributed by atoms with Crippen molar-refractivity contribution in [3.05, 3.63) is 46.7 Å². The Kier molecular flexibility index (Phi) is 5.13. The minimum absolute atomic E-state index is 0.0513. The lowest BCUT2D eigenvalue weighted by molar-refractivity contribution is -0.141. The van der Waals surface area contributed by atoms with Gasteiger partial charge in [-0.3, -0.25) is 9.48 Å². The standard InChI is InChI=1S/C14H11ClF3N3O3/c1-24-13(23)9-6-8(2-3-10(9)15)19-12(22)7-21-5-4-11(20-21)14(16,17)18/h2-6H,7H2,1H3,(H,19,22). The largest absolute Gasteiger partial charge is 0.465 e. The topological polar surface area (TPSA) is 73.2 Å². The van der Waals surface area contributed by atoms with Gasteiger partial charge in [0, 0.05) is 11.9 Å². The maximum Gasteiger partial charge on any atom is 0.435 e. The third-order valence-corrected chi connectivity index (χ3v) is 3.22. The van der Waals surface area contributed by atoms with Crippen molar-refractivity contribution in [2.75, 3.05) is 12.4 Å². The molecule has 0 spiro atoms. The van der Waals surface area contributed by atoms with Crippen LogP contribution in [0.4, 0.5) is 18.9 Å². The van der Waals surface area contributed by atoms with Crippen molar-refractivity contribution in [1.29, 1.82) is 0 Å². The fraction of sp³-hybridized carbons (Fsp3) is 0.214. The minimum atomic E-state index is -4.58. The van der Waals surface area contributed by atoms with Crippen LogP contribution in [0.25, 0.3) is 0 Å². The van der Waals surface area contributed by atoms with Crippen molar-refractivity contribution in [3.63, 3.8) is 0 Å². The predicted molar refractivity (Wildman–Crippen MR) is 78.7 cm³/mol. The molecule has 0 unspecified atom stereocenters. The molecule has 0 aliphatic heterocycles. The smallest absolute Gasteiger partial charge is 0.435 e. The number of ether oxygens (including phenoxy) is 1. The molecule has 128 valence electrons. The Morgan fingerprint density at radius 2 is 2.04 bits per heavy atom. The number of aromatic nitrogens is 2. The Morgan fingerprint density at radius 1 is 1.33 bits per heavy atom. The van der Waals surface area contributed by atoms with E-state index in [9.17, 15) is 22.8 Å². The van der Waals surface area contributed by atoms with Crippen molar-refractivity contribution in [1.82, 2.24) is 9.78 Å². The molecule has 1 aromatic carbocycles. The molecule has 0 aliphatic rings. The van der Waals surface area contributed by atoms with E-state index in [1.807, 2.05) is 0 Å². The van der Waals surface area contributed by atoms with Gasteiger partial charge in [0.1, 0.15) is 6.54 Å². The van der Waals surface area contributed by atoms with Gasteiger partial charge < -0.3 is 10.1 Å². The van der Waals surface area contributed by atoms with Gasteiger partial charge in [0.05, 0.1) is 17.7 Å². The second-order valence-electron chi connectivity index (χ2n) is 4.63. The third kappa shape index (κ3) is 4.25. The molecule has 10 heteroatoms. The van der Waals surface area contributed by atoms with E-state index in [4.69, 9.17) is 11.6 Å². The molecular formula is C14H11ClF3N3O3. The molecular weight excluding hydrogens is 351 g/mol. The molecule has 0 aliphatic carbocycles. The quantitative estimate of drug-likeness (QED) is 0.850. The summed E-state index contributed by atoms with van der Waals surface area (Å²) in [6.45, 7) is -0.424. The zero-order chi connectivity index (χ0) is 17.9. The maximum atomic E-state index is 12.4. The van der Waals surface area contributed by atoms with Crippen LogP contribution in [-0.4, -0.2) is 28.8 Å². The van der Waals surface area contributed by atoms with E-state index < -0.39 is 30.3 Å².